The molecule has 4 rings (SSSR count). The van der Waals surface area contributed by atoms with Crippen LogP contribution < -0.4 is 10.1 Å². The first-order valence-corrected chi connectivity index (χ1v) is 10.1. The van der Waals surface area contributed by atoms with Gasteiger partial charge in [0.05, 0.1) is 0 Å². The Bertz CT molecular complexity index is 875. The molecule has 0 aliphatic heterocycles. The maximum Gasteiger partial charge on any atom is 0.270 e. The highest BCUT2D eigenvalue weighted by Crippen LogP contribution is 2.25. The van der Waals surface area contributed by atoms with Gasteiger partial charge in [-0.3, -0.25) is 4.79 Å². The number of carbonyl (C=O) groups excluding carboxylic acids is 1. The SMILES string of the molecule is O=C(NC1CCC(Oc2ccccn2)CC1)c1csc(-c2ccccc2)n1. The van der Waals surface area contributed by atoms with Gasteiger partial charge in [0.1, 0.15) is 16.8 Å². The summed E-state index contributed by atoms with van der Waals surface area (Å²) in [4.78, 5) is 21.2. The van der Waals surface area contributed by atoms with Crippen LogP contribution >= 0.6 is 11.3 Å². The molecule has 1 saturated carbocycles. The lowest BCUT2D eigenvalue weighted by Crippen LogP contribution is -2.39. The maximum absolute atomic E-state index is 12.5. The van der Waals surface area contributed by atoms with Crippen molar-refractivity contribution in [2.24, 2.45) is 0 Å². The van der Waals surface area contributed by atoms with Gasteiger partial charge in [0.25, 0.3) is 5.91 Å². The van der Waals surface area contributed by atoms with Crippen molar-refractivity contribution in [1.29, 1.82) is 0 Å². The number of hydrogen-bond acceptors (Lipinski definition) is 5. The summed E-state index contributed by atoms with van der Waals surface area (Å²) < 4.78 is 5.91. The molecule has 3 aromatic rings. The van der Waals surface area contributed by atoms with Gasteiger partial charge < -0.3 is 10.1 Å². The van der Waals surface area contributed by atoms with Crippen LogP contribution in [0.25, 0.3) is 10.6 Å². The molecule has 0 bridgehead atoms. The van der Waals surface area contributed by atoms with Gasteiger partial charge in [-0.25, -0.2) is 9.97 Å². The first-order chi connectivity index (χ1) is 13.3. The van der Waals surface area contributed by atoms with Gasteiger partial charge in [-0.2, -0.15) is 0 Å². The highest BCUT2D eigenvalue weighted by molar-refractivity contribution is 7.13. The fourth-order valence-electron chi connectivity index (χ4n) is 3.26. The maximum atomic E-state index is 12.5. The molecule has 0 radical (unpaired) electrons. The Morgan fingerprint density at radius 3 is 2.56 bits per heavy atom. The zero-order valence-electron chi connectivity index (χ0n) is 14.9. The summed E-state index contributed by atoms with van der Waals surface area (Å²) in [6, 6.07) is 15.8. The number of carbonyl (C=O) groups is 1. The number of ether oxygens (including phenoxy) is 1. The highest BCUT2D eigenvalue weighted by Gasteiger charge is 2.25. The molecule has 0 saturated heterocycles. The average Bonchev–Trinajstić information content (AvgIpc) is 3.21. The molecule has 0 atom stereocenters. The van der Waals surface area contributed by atoms with Crippen molar-refractivity contribution < 1.29 is 9.53 Å². The molecular weight excluding hydrogens is 358 g/mol. The summed E-state index contributed by atoms with van der Waals surface area (Å²) in [6.45, 7) is 0. The normalized spacial score (nSPS) is 19.4. The number of hydrogen-bond donors (Lipinski definition) is 1. The third-order valence-corrected chi connectivity index (χ3v) is 5.58. The molecule has 1 amide bonds. The second-order valence-electron chi connectivity index (χ2n) is 6.64. The van der Waals surface area contributed by atoms with Crippen molar-refractivity contribution in [1.82, 2.24) is 15.3 Å². The molecule has 27 heavy (non-hydrogen) atoms. The molecule has 138 valence electrons. The Labute approximate surface area is 162 Å². The molecule has 1 N–H and O–H groups in total. The predicted octanol–water partition coefficient (Wildman–Crippen LogP) is 4.33. The molecule has 1 aliphatic carbocycles. The van der Waals surface area contributed by atoms with Crippen LogP contribution in [-0.4, -0.2) is 28.0 Å². The van der Waals surface area contributed by atoms with Gasteiger partial charge in [-0.05, 0) is 31.7 Å². The van der Waals surface area contributed by atoms with Gasteiger partial charge in [-0.1, -0.05) is 36.4 Å². The third kappa shape index (κ3) is 4.52. The summed E-state index contributed by atoms with van der Waals surface area (Å²) in [5.41, 5.74) is 1.53. The van der Waals surface area contributed by atoms with Crippen molar-refractivity contribution >= 4 is 17.2 Å². The van der Waals surface area contributed by atoms with E-state index >= 15 is 0 Å². The molecule has 2 heterocycles. The second kappa shape index (κ2) is 8.31. The smallest absolute Gasteiger partial charge is 0.270 e. The van der Waals surface area contributed by atoms with Crippen LogP contribution in [-0.2, 0) is 0 Å². The van der Waals surface area contributed by atoms with E-state index in [1.165, 1.54) is 11.3 Å². The average molecular weight is 379 g/mol. The topological polar surface area (TPSA) is 64.1 Å². The van der Waals surface area contributed by atoms with Crippen molar-refractivity contribution in [3.8, 4) is 16.5 Å². The molecule has 1 fully saturated rings. The number of rotatable bonds is 5. The van der Waals surface area contributed by atoms with Gasteiger partial charge in [0.15, 0.2) is 0 Å². The Morgan fingerprint density at radius 1 is 1.04 bits per heavy atom. The summed E-state index contributed by atoms with van der Waals surface area (Å²) in [5, 5.41) is 5.81. The Balaban J connectivity index is 1.29. The number of aromatic nitrogens is 2. The van der Waals surface area contributed by atoms with Crippen molar-refractivity contribution in [2.45, 2.75) is 37.8 Å². The Kier molecular flexibility index (Phi) is 5.44. The number of nitrogens with zero attached hydrogens (tertiary/aromatic N) is 2. The van der Waals surface area contributed by atoms with E-state index in [2.05, 4.69) is 15.3 Å². The standard InChI is InChI=1S/C21H21N3O2S/c25-20(18-14-27-21(24-18)15-6-2-1-3-7-15)23-16-9-11-17(12-10-16)26-19-8-4-5-13-22-19/h1-8,13-14,16-17H,9-12H2,(H,23,25). The summed E-state index contributed by atoms with van der Waals surface area (Å²) in [7, 11) is 0. The molecule has 0 unspecified atom stereocenters. The third-order valence-electron chi connectivity index (χ3n) is 4.69. The van der Waals surface area contributed by atoms with E-state index in [0.717, 1.165) is 36.3 Å². The summed E-state index contributed by atoms with van der Waals surface area (Å²) in [5.74, 6) is 0.573. The van der Waals surface area contributed by atoms with E-state index in [0.29, 0.717) is 11.6 Å². The van der Waals surface area contributed by atoms with Crippen LogP contribution in [0.1, 0.15) is 36.2 Å². The van der Waals surface area contributed by atoms with E-state index in [1.54, 1.807) is 6.20 Å². The first kappa shape index (κ1) is 17.7. The second-order valence-corrected chi connectivity index (χ2v) is 7.49. The fourth-order valence-corrected chi connectivity index (χ4v) is 4.07. The number of benzene rings is 1. The molecule has 2 aromatic heterocycles. The molecule has 0 spiro atoms. The minimum atomic E-state index is -0.0949. The summed E-state index contributed by atoms with van der Waals surface area (Å²) >= 11 is 1.50. The van der Waals surface area contributed by atoms with Crippen LogP contribution in [0.3, 0.4) is 0 Å². The zero-order chi connectivity index (χ0) is 18.5. The van der Waals surface area contributed by atoms with Crippen molar-refractivity contribution in [2.75, 3.05) is 0 Å². The van der Waals surface area contributed by atoms with Crippen molar-refractivity contribution in [3.63, 3.8) is 0 Å². The summed E-state index contributed by atoms with van der Waals surface area (Å²) in [6.07, 6.45) is 5.52. The van der Waals surface area contributed by atoms with E-state index in [1.807, 2.05) is 53.9 Å². The lowest BCUT2D eigenvalue weighted by molar-refractivity contribution is 0.0886. The van der Waals surface area contributed by atoms with E-state index < -0.39 is 0 Å². The van der Waals surface area contributed by atoms with Crippen LogP contribution in [0.2, 0.25) is 0 Å². The first-order valence-electron chi connectivity index (χ1n) is 9.17. The highest BCUT2D eigenvalue weighted by atomic mass is 32.1. The minimum Gasteiger partial charge on any atom is -0.474 e. The lowest BCUT2D eigenvalue weighted by atomic mass is 9.93. The number of pyridine rings is 1. The molecule has 5 nitrogen and oxygen atoms in total. The molecule has 1 aliphatic rings. The van der Waals surface area contributed by atoms with Gasteiger partial charge in [0.2, 0.25) is 5.88 Å². The molecular formula is C21H21N3O2S. The monoisotopic (exact) mass is 379 g/mol. The van der Waals surface area contributed by atoms with Crippen molar-refractivity contribution in [3.05, 3.63) is 65.8 Å². The van der Waals surface area contributed by atoms with Gasteiger partial charge >= 0.3 is 0 Å². The van der Waals surface area contributed by atoms with Crippen LogP contribution in [0.4, 0.5) is 0 Å². The van der Waals surface area contributed by atoms with E-state index in [9.17, 15) is 4.79 Å². The fraction of sp³-hybridized carbons (Fsp3) is 0.286. The number of nitrogens with one attached hydrogen (secondary N) is 1. The minimum absolute atomic E-state index is 0.0949. The quantitative estimate of drug-likeness (QED) is 0.717. The molecule has 6 heteroatoms. The van der Waals surface area contributed by atoms with Crippen LogP contribution in [0, 0.1) is 0 Å². The van der Waals surface area contributed by atoms with Gasteiger partial charge in [-0.15, -0.1) is 11.3 Å². The lowest BCUT2D eigenvalue weighted by Gasteiger charge is -2.29. The largest absolute Gasteiger partial charge is 0.474 e. The van der Waals surface area contributed by atoms with E-state index in [-0.39, 0.29) is 18.1 Å². The Hall–Kier alpha value is -2.73. The zero-order valence-corrected chi connectivity index (χ0v) is 15.7. The van der Waals surface area contributed by atoms with E-state index in [4.69, 9.17) is 4.74 Å². The van der Waals surface area contributed by atoms with Gasteiger partial charge in [0, 0.05) is 29.2 Å². The predicted molar refractivity (Wildman–Crippen MR) is 106 cm³/mol. The molecule has 1 aromatic carbocycles. The van der Waals surface area contributed by atoms with Crippen LogP contribution in [0.5, 0.6) is 5.88 Å². The number of thiazole rings is 1. The Morgan fingerprint density at radius 2 is 1.81 bits per heavy atom. The van der Waals surface area contributed by atoms with Crippen LogP contribution in [0.15, 0.2) is 60.1 Å². The number of amides is 1.